The van der Waals surface area contributed by atoms with Crippen molar-refractivity contribution in [3.05, 3.63) is 0 Å². The Morgan fingerprint density at radius 2 is 2.10 bits per heavy atom. The average Bonchev–Trinajstić information content (AvgIpc) is 2.65. The Bertz CT molecular complexity index is 349. The molecule has 1 aliphatic heterocycles. The number of aliphatic carboxylic acids is 1. The summed E-state index contributed by atoms with van der Waals surface area (Å²) in [6.45, 7) is 3.14. The van der Waals surface area contributed by atoms with E-state index in [1.165, 1.54) is 0 Å². The number of nitrogens with one attached hydrogen (secondary N) is 1. The predicted molar refractivity (Wildman–Crippen MR) is 74.5 cm³/mol. The maximum absolute atomic E-state index is 12.1. The van der Waals surface area contributed by atoms with Crippen molar-refractivity contribution in [2.45, 2.75) is 31.9 Å². The minimum absolute atomic E-state index is 0.00483. The summed E-state index contributed by atoms with van der Waals surface area (Å²) >= 11 is 0. The van der Waals surface area contributed by atoms with E-state index in [2.05, 4.69) is 5.32 Å². The molecule has 7 nitrogen and oxygen atoms in total. The number of likely N-dealkylation sites (N-methyl/N-ethyl adjacent to an activating group) is 1. The van der Waals surface area contributed by atoms with E-state index < -0.39 is 12.1 Å². The molecular formula is C13H25N3O4. The third-order valence-corrected chi connectivity index (χ3v) is 3.35. The van der Waals surface area contributed by atoms with Gasteiger partial charge < -0.3 is 25.3 Å². The number of aliphatic hydroxyl groups excluding tert-OH is 1. The molecule has 1 rings (SSSR count). The molecule has 0 radical (unpaired) electrons. The number of carboxylic acids is 1. The van der Waals surface area contributed by atoms with E-state index in [4.69, 9.17) is 5.11 Å². The number of amides is 2. The van der Waals surface area contributed by atoms with Crippen LogP contribution in [-0.4, -0.2) is 77.9 Å². The molecular weight excluding hydrogens is 262 g/mol. The molecule has 1 fully saturated rings. The van der Waals surface area contributed by atoms with Gasteiger partial charge in [-0.25, -0.2) is 4.79 Å². The summed E-state index contributed by atoms with van der Waals surface area (Å²) in [4.78, 5) is 26.3. The Morgan fingerprint density at radius 3 is 2.65 bits per heavy atom. The zero-order valence-corrected chi connectivity index (χ0v) is 12.4. The van der Waals surface area contributed by atoms with Crippen LogP contribution in [0.5, 0.6) is 0 Å². The van der Waals surface area contributed by atoms with Crippen molar-refractivity contribution in [2.75, 3.05) is 33.7 Å². The Balaban J connectivity index is 2.46. The summed E-state index contributed by atoms with van der Waals surface area (Å²) in [6, 6.07) is -0.236. The van der Waals surface area contributed by atoms with Gasteiger partial charge in [-0.05, 0) is 26.4 Å². The number of nitrogens with zero attached hydrogens (tertiary/aromatic N) is 2. The van der Waals surface area contributed by atoms with Crippen LogP contribution in [0.1, 0.15) is 19.8 Å². The molecule has 1 saturated heterocycles. The van der Waals surface area contributed by atoms with Crippen LogP contribution >= 0.6 is 0 Å². The molecule has 1 aliphatic rings. The van der Waals surface area contributed by atoms with Crippen LogP contribution in [0, 0.1) is 5.92 Å². The van der Waals surface area contributed by atoms with Gasteiger partial charge in [0.1, 0.15) is 0 Å². The van der Waals surface area contributed by atoms with Crippen molar-refractivity contribution in [3.63, 3.8) is 0 Å². The predicted octanol–water partition coefficient (Wildman–Crippen LogP) is -0.196. The van der Waals surface area contributed by atoms with E-state index in [9.17, 15) is 14.7 Å². The minimum Gasteiger partial charge on any atom is -0.481 e. The number of β-amino-alcohol motifs (C(OH)–C–C–N with tert-alkyl or cyclic N) is 1. The highest BCUT2D eigenvalue weighted by atomic mass is 16.4. The van der Waals surface area contributed by atoms with Crippen molar-refractivity contribution < 1.29 is 19.8 Å². The molecule has 0 spiro atoms. The van der Waals surface area contributed by atoms with E-state index in [0.717, 1.165) is 0 Å². The Kier molecular flexibility index (Phi) is 6.22. The first-order chi connectivity index (χ1) is 9.29. The molecule has 3 unspecified atom stereocenters. The standard InChI is InChI=1S/C13H25N3O4/c1-9(4-12(18)19)6-14-13(20)16-8-11(17)5-10(16)7-15(2)3/h9-11,17H,4-8H2,1-3H3,(H,14,20)(H,18,19). The minimum atomic E-state index is -0.867. The molecule has 0 aromatic carbocycles. The van der Waals surface area contributed by atoms with Gasteiger partial charge in [-0.1, -0.05) is 6.92 Å². The molecule has 20 heavy (non-hydrogen) atoms. The lowest BCUT2D eigenvalue weighted by Gasteiger charge is -2.27. The van der Waals surface area contributed by atoms with E-state index >= 15 is 0 Å². The van der Waals surface area contributed by atoms with Gasteiger partial charge in [0.25, 0.3) is 0 Å². The molecule has 2 amide bonds. The summed E-state index contributed by atoms with van der Waals surface area (Å²) in [6.07, 6.45) is 0.127. The summed E-state index contributed by atoms with van der Waals surface area (Å²) in [5.74, 6) is -0.981. The van der Waals surface area contributed by atoms with Crippen LogP contribution in [-0.2, 0) is 4.79 Å². The highest BCUT2D eigenvalue weighted by Crippen LogP contribution is 2.18. The molecule has 0 saturated carbocycles. The van der Waals surface area contributed by atoms with Crippen molar-refractivity contribution in [1.82, 2.24) is 15.1 Å². The zero-order valence-electron chi connectivity index (χ0n) is 12.4. The summed E-state index contributed by atoms with van der Waals surface area (Å²) in [5, 5.41) is 21.1. The number of carbonyl (C=O) groups excluding carboxylic acids is 1. The van der Waals surface area contributed by atoms with Crippen LogP contribution in [0.2, 0.25) is 0 Å². The maximum Gasteiger partial charge on any atom is 0.317 e. The third-order valence-electron chi connectivity index (χ3n) is 3.35. The lowest BCUT2D eigenvalue weighted by Crippen LogP contribution is -2.47. The van der Waals surface area contributed by atoms with Gasteiger partial charge in [-0.15, -0.1) is 0 Å². The van der Waals surface area contributed by atoms with Gasteiger partial charge in [-0.2, -0.15) is 0 Å². The molecule has 7 heteroatoms. The fraction of sp³-hybridized carbons (Fsp3) is 0.846. The number of carbonyl (C=O) groups is 2. The van der Waals surface area contributed by atoms with Crippen molar-refractivity contribution in [2.24, 2.45) is 5.92 Å². The average molecular weight is 287 g/mol. The lowest BCUT2D eigenvalue weighted by molar-refractivity contribution is -0.137. The first-order valence-electron chi connectivity index (χ1n) is 6.88. The Morgan fingerprint density at radius 1 is 1.45 bits per heavy atom. The van der Waals surface area contributed by atoms with Gasteiger partial charge in [-0.3, -0.25) is 4.79 Å². The molecule has 3 atom stereocenters. The highest BCUT2D eigenvalue weighted by Gasteiger charge is 2.34. The molecule has 0 aliphatic carbocycles. The SMILES string of the molecule is CC(CNC(=O)N1CC(O)CC1CN(C)C)CC(=O)O. The van der Waals surface area contributed by atoms with E-state index in [1.54, 1.807) is 11.8 Å². The van der Waals surface area contributed by atoms with Crippen LogP contribution in [0.15, 0.2) is 0 Å². The lowest BCUT2D eigenvalue weighted by atomic mass is 10.1. The van der Waals surface area contributed by atoms with Gasteiger partial charge in [0.15, 0.2) is 0 Å². The largest absolute Gasteiger partial charge is 0.481 e. The van der Waals surface area contributed by atoms with E-state index in [0.29, 0.717) is 26.1 Å². The number of urea groups is 1. The van der Waals surface area contributed by atoms with Crippen LogP contribution in [0.4, 0.5) is 4.79 Å². The van der Waals surface area contributed by atoms with Crippen molar-refractivity contribution >= 4 is 12.0 Å². The number of aliphatic hydroxyl groups is 1. The quantitative estimate of drug-likeness (QED) is 0.629. The van der Waals surface area contributed by atoms with E-state index in [-0.39, 0.29) is 24.4 Å². The van der Waals surface area contributed by atoms with Crippen LogP contribution < -0.4 is 5.32 Å². The molecule has 0 aromatic heterocycles. The molecule has 0 bridgehead atoms. The van der Waals surface area contributed by atoms with Crippen molar-refractivity contribution in [3.8, 4) is 0 Å². The number of carboxylic acid groups (broad SMARTS) is 1. The van der Waals surface area contributed by atoms with Gasteiger partial charge >= 0.3 is 12.0 Å². The smallest absolute Gasteiger partial charge is 0.317 e. The van der Waals surface area contributed by atoms with Gasteiger partial charge in [0.05, 0.1) is 6.10 Å². The third kappa shape index (κ3) is 5.34. The second-order valence-electron chi connectivity index (χ2n) is 5.85. The summed E-state index contributed by atoms with van der Waals surface area (Å²) in [7, 11) is 3.85. The second-order valence-corrected chi connectivity index (χ2v) is 5.85. The maximum atomic E-state index is 12.1. The first kappa shape index (κ1) is 16.7. The van der Waals surface area contributed by atoms with E-state index in [1.807, 2.05) is 19.0 Å². The molecule has 3 N–H and O–H groups in total. The van der Waals surface area contributed by atoms with Gasteiger partial charge in [0, 0.05) is 32.1 Å². The fourth-order valence-corrected chi connectivity index (χ4v) is 2.47. The summed E-state index contributed by atoms with van der Waals surface area (Å²) < 4.78 is 0. The van der Waals surface area contributed by atoms with Crippen LogP contribution in [0.25, 0.3) is 0 Å². The number of hydrogen-bond acceptors (Lipinski definition) is 4. The summed E-state index contributed by atoms with van der Waals surface area (Å²) in [5.41, 5.74) is 0. The number of hydrogen-bond donors (Lipinski definition) is 3. The second kappa shape index (κ2) is 7.44. The molecule has 116 valence electrons. The molecule has 1 heterocycles. The highest BCUT2D eigenvalue weighted by molar-refractivity contribution is 5.75. The first-order valence-corrected chi connectivity index (χ1v) is 6.88. The normalized spacial score (nSPS) is 23.9. The monoisotopic (exact) mass is 287 g/mol. The number of likely N-dealkylation sites (tertiary alicyclic amines) is 1. The fourth-order valence-electron chi connectivity index (χ4n) is 2.47. The Labute approximate surface area is 119 Å². The number of rotatable bonds is 6. The zero-order chi connectivity index (χ0) is 15.3. The topological polar surface area (TPSA) is 93.1 Å². The van der Waals surface area contributed by atoms with Crippen LogP contribution in [0.3, 0.4) is 0 Å². The van der Waals surface area contributed by atoms with Gasteiger partial charge in [0.2, 0.25) is 0 Å². The molecule has 0 aromatic rings. The van der Waals surface area contributed by atoms with Crippen molar-refractivity contribution in [1.29, 1.82) is 0 Å². The Hall–Kier alpha value is -1.34.